The first-order valence-electron chi connectivity index (χ1n) is 28.4. The number of sulfonamides is 2. The first-order chi connectivity index (χ1) is 40.3. The lowest BCUT2D eigenvalue weighted by Crippen LogP contribution is -2.47. The summed E-state index contributed by atoms with van der Waals surface area (Å²) in [5.41, 5.74) is 10.4. The second-order valence-corrected chi connectivity index (χ2v) is 28.1. The Labute approximate surface area is 500 Å². The van der Waals surface area contributed by atoms with Gasteiger partial charge in [-0.1, -0.05) is 51.0 Å². The highest BCUT2D eigenvalue weighted by Crippen LogP contribution is 2.54. The lowest BCUT2D eigenvalue weighted by molar-refractivity contribution is -0.445. The second kappa shape index (κ2) is 26.2. The fraction of sp³-hybridized carbons (Fsp3) is 0.467. The number of ether oxygens (including phenoxy) is 2. The van der Waals surface area contributed by atoms with Gasteiger partial charge in [-0.15, -0.1) is 0 Å². The number of nitrogens with one attached hydrogen (secondary N) is 4. The summed E-state index contributed by atoms with van der Waals surface area (Å²) in [7, 11) is -11.4. The number of carboxylic acid groups (broad SMARTS) is 1. The first-order valence-corrected chi connectivity index (χ1v) is 33.6. The predicted octanol–water partition coefficient (Wildman–Crippen LogP) is 7.25. The number of carbonyl (C=O) groups is 3. The van der Waals surface area contributed by atoms with E-state index < -0.39 is 53.1 Å². The number of unbranched alkanes of at least 4 members (excludes halogenated alkanes) is 3. The number of amides is 2. The van der Waals surface area contributed by atoms with Gasteiger partial charge in [-0.2, -0.15) is 17.7 Å². The third-order valence-corrected chi connectivity index (χ3v) is 17.9. The predicted molar refractivity (Wildman–Crippen MR) is 319 cm³/mol. The second-order valence-electron chi connectivity index (χ2n) is 23.2. The normalized spacial score (nSPS) is 18.3. The molecule has 2 unspecified atom stereocenters. The van der Waals surface area contributed by atoms with E-state index in [1.165, 1.54) is 11.8 Å². The number of benzene rings is 4. The highest BCUT2D eigenvalue weighted by Gasteiger charge is 2.54. The molecule has 0 aromatic heterocycles. The molecule has 2 amide bonds. The third kappa shape index (κ3) is 16.2. The van der Waals surface area contributed by atoms with Gasteiger partial charge in [0.2, 0.25) is 37.5 Å². The minimum atomic E-state index is -5.08. The lowest BCUT2D eigenvalue weighted by atomic mass is 9.74. The van der Waals surface area contributed by atoms with Crippen LogP contribution in [-0.2, 0) is 73.0 Å². The smallest absolute Gasteiger partial charge is 0.490 e. The number of aliphatic carboxylic acids is 1. The number of nitrogens with zero attached hydrogens (tertiary/aromatic N) is 3. The molecule has 0 aliphatic carbocycles. The number of hydrogen-bond acceptors (Lipinski definition) is 14. The van der Waals surface area contributed by atoms with Gasteiger partial charge < -0.3 is 34.7 Å². The van der Waals surface area contributed by atoms with Crippen molar-refractivity contribution in [3.63, 3.8) is 0 Å². The maximum absolute atomic E-state index is 13.3. The topological polar surface area (TPSA) is 273 Å². The van der Waals surface area contributed by atoms with Crippen LogP contribution in [0.2, 0.25) is 0 Å². The van der Waals surface area contributed by atoms with E-state index in [1.54, 1.807) is 48.5 Å². The van der Waals surface area contributed by atoms with Crippen LogP contribution in [0.4, 0.5) is 35.9 Å². The fourth-order valence-corrected chi connectivity index (χ4v) is 13.6. The Hall–Kier alpha value is -6.84. The van der Waals surface area contributed by atoms with E-state index in [2.05, 4.69) is 80.4 Å². The summed E-state index contributed by atoms with van der Waals surface area (Å²) < 4.78 is 135. The molecule has 4 aromatic carbocycles. The zero-order chi connectivity index (χ0) is 62.6. The maximum Gasteiger partial charge on any atom is 0.490 e. The van der Waals surface area contributed by atoms with Crippen LogP contribution in [0.3, 0.4) is 0 Å². The van der Waals surface area contributed by atoms with Crippen molar-refractivity contribution in [2.75, 3.05) is 79.3 Å². The van der Waals surface area contributed by atoms with Crippen molar-refractivity contribution in [3.05, 3.63) is 130 Å². The number of alkyl halides is 3. The van der Waals surface area contributed by atoms with Crippen molar-refractivity contribution in [1.29, 1.82) is 0 Å². The zero-order valence-electron chi connectivity index (χ0n) is 48.9. The Bertz CT molecular complexity index is 3670. The highest BCUT2D eigenvalue weighted by molar-refractivity contribution is 7.92. The van der Waals surface area contributed by atoms with Crippen LogP contribution in [0, 0.1) is 0 Å². The van der Waals surface area contributed by atoms with Gasteiger partial charge in [-0.25, -0.2) is 30.0 Å². The molecule has 9 rings (SSSR count). The molecule has 0 fully saturated rings. The molecule has 0 radical (unpaired) electrons. The largest absolute Gasteiger partial charge is 0.744 e. The summed E-state index contributed by atoms with van der Waals surface area (Å²) in [5, 5.41) is 13.1. The van der Waals surface area contributed by atoms with Crippen molar-refractivity contribution in [2.45, 2.75) is 120 Å². The molecule has 0 saturated heterocycles. The summed E-state index contributed by atoms with van der Waals surface area (Å²) in [5.74, 6) is -2.40. The number of halogens is 3. The standard InChI is InChI=1S/C58H73N7O11S3.C2HF3O2/c1-57(2)47-35-40(13-21-49(47)64-31-25-51-45(55(57)64)38-46-52(76-51)26-32-65-50-22-20-44(79(72,73)74)37-48(50)58(3,4)56(46)65)36-54(67)60-28-23-53(66)59-27-9-7-8-10-29-63(30-24-39-11-14-41(15-12-39)61-77(5,68)69)33-34-75-43-18-16-42(17-19-43)62-78(6,70)71;3-2(4,5)1(6)7/h11-22,35,37-38,51-52,61-62H,7-10,23-34,36H2,1-6H3,(H2-,59,60,66,67,72,73,74);(H,6,7). The van der Waals surface area contributed by atoms with E-state index in [9.17, 15) is 52.6 Å². The molecule has 2 atom stereocenters. The van der Waals surface area contributed by atoms with Crippen molar-refractivity contribution >= 4 is 76.4 Å². The number of allylic oxidation sites excluding steroid dienone is 1. The molecule has 20 nitrogen and oxygen atoms in total. The Morgan fingerprint density at radius 2 is 1.38 bits per heavy atom. The van der Waals surface area contributed by atoms with Crippen LogP contribution in [0.5, 0.6) is 5.75 Å². The Morgan fingerprint density at radius 1 is 0.756 bits per heavy atom. The number of carbonyl (C=O) groups excluding carboxylic acids is 2. The number of hydrogen-bond donors (Lipinski definition) is 5. The van der Waals surface area contributed by atoms with Crippen molar-refractivity contribution in [3.8, 4) is 5.75 Å². The van der Waals surface area contributed by atoms with Gasteiger partial charge in [-0.05, 0) is 123 Å². The molecule has 5 aliphatic rings. The molecular formula is C60H74F3N7O13S3. The minimum absolute atomic E-state index is 0.0767. The molecule has 5 heterocycles. The van der Waals surface area contributed by atoms with Crippen molar-refractivity contribution in [2.24, 2.45) is 0 Å². The molecule has 4 aromatic rings. The molecule has 86 heavy (non-hydrogen) atoms. The average molecular weight is 1250 g/mol. The summed E-state index contributed by atoms with van der Waals surface area (Å²) in [6.45, 7) is 13.6. The van der Waals surface area contributed by atoms with Crippen LogP contribution >= 0.6 is 0 Å². The first kappa shape index (κ1) is 65.1. The third-order valence-electron chi connectivity index (χ3n) is 15.9. The molecule has 26 heteroatoms. The Kier molecular flexibility index (Phi) is 19.9. The molecule has 466 valence electrons. The Morgan fingerprint density at radius 3 is 2.02 bits per heavy atom. The van der Waals surface area contributed by atoms with Crippen LogP contribution in [0.1, 0.15) is 94.9 Å². The molecule has 5 aliphatic heterocycles. The van der Waals surface area contributed by atoms with E-state index >= 15 is 0 Å². The van der Waals surface area contributed by atoms with Gasteiger partial charge in [0, 0.05) is 96.5 Å². The maximum atomic E-state index is 13.3. The number of carboxylic acids is 1. The van der Waals surface area contributed by atoms with E-state index in [4.69, 9.17) is 19.4 Å². The quantitative estimate of drug-likeness (QED) is 0.0263. The number of fused-ring (bicyclic) bond motifs is 8. The van der Waals surface area contributed by atoms with Crippen LogP contribution in [0.15, 0.2) is 113 Å². The van der Waals surface area contributed by atoms with Gasteiger partial charge in [-0.3, -0.25) is 23.9 Å². The van der Waals surface area contributed by atoms with Gasteiger partial charge in [0.25, 0.3) is 0 Å². The monoisotopic (exact) mass is 1250 g/mol. The molecular weight excluding hydrogens is 1180 g/mol. The van der Waals surface area contributed by atoms with Gasteiger partial charge >= 0.3 is 12.1 Å². The van der Waals surface area contributed by atoms with Gasteiger partial charge in [0.1, 0.15) is 22.5 Å². The van der Waals surface area contributed by atoms with E-state index in [0.29, 0.717) is 36.8 Å². The summed E-state index contributed by atoms with van der Waals surface area (Å²) in [6, 6.07) is 25.1. The van der Waals surface area contributed by atoms with E-state index in [0.717, 1.165) is 134 Å². The van der Waals surface area contributed by atoms with Crippen molar-refractivity contribution in [1.82, 2.24) is 15.5 Å². The van der Waals surface area contributed by atoms with Crippen LogP contribution in [-0.4, -0.2) is 151 Å². The highest BCUT2D eigenvalue weighted by atomic mass is 32.2. The number of rotatable bonds is 24. The lowest BCUT2D eigenvalue weighted by Gasteiger charge is -2.42. The zero-order valence-corrected chi connectivity index (χ0v) is 51.3. The number of anilines is 3. The molecule has 5 N–H and O–H groups in total. The fourth-order valence-electron chi connectivity index (χ4n) is 12.0. The average Bonchev–Trinajstić information content (AvgIpc) is 1.54. The molecule has 0 bridgehead atoms. The van der Waals surface area contributed by atoms with Crippen molar-refractivity contribution < 1.29 is 76.5 Å². The minimum Gasteiger partial charge on any atom is -0.744 e. The van der Waals surface area contributed by atoms with E-state index in [1.807, 2.05) is 18.2 Å². The summed E-state index contributed by atoms with van der Waals surface area (Å²) >= 11 is 0. The Balaban J connectivity index is 0.00000129. The molecule has 0 spiro atoms. The SMILES string of the molecule is CC1(C)C2=C3C=C4C5=[N+](CCC4OC3CCN2c2ccc(CC(=O)NCCC(=O)NCCCCCCN(CCOc3ccc(NS(C)(=O)=O)cc3)CCc3ccc(NS(C)(=O)=O)cc3)cc21)c1ccc(S(=O)(=O)[O-])cc1C5(C)C.O=C(O)C(F)(F)F. The summed E-state index contributed by atoms with van der Waals surface area (Å²) in [4.78, 5) is 39.5. The van der Waals surface area contributed by atoms with Gasteiger partial charge in [0.05, 0.1) is 41.5 Å². The summed E-state index contributed by atoms with van der Waals surface area (Å²) in [6.07, 6.45) is 5.64. The van der Waals surface area contributed by atoms with Gasteiger partial charge in [0.15, 0.2) is 12.3 Å². The van der Waals surface area contributed by atoms with Crippen LogP contribution in [0.25, 0.3) is 0 Å². The van der Waals surface area contributed by atoms with E-state index in [-0.39, 0.29) is 48.3 Å². The molecule has 0 saturated carbocycles. The van der Waals surface area contributed by atoms with Crippen LogP contribution < -0.4 is 29.7 Å².